The van der Waals surface area contributed by atoms with Crippen molar-refractivity contribution in [3.05, 3.63) is 35.4 Å². The normalized spacial score (nSPS) is 12.2. The lowest BCUT2D eigenvalue weighted by Crippen LogP contribution is -2.41. The van der Waals surface area contributed by atoms with E-state index in [0.29, 0.717) is 13.2 Å². The van der Waals surface area contributed by atoms with Crippen molar-refractivity contribution in [1.82, 2.24) is 10.2 Å². The van der Waals surface area contributed by atoms with Gasteiger partial charge < -0.3 is 15.0 Å². The quantitative estimate of drug-likeness (QED) is 0.830. The average molecular weight is 250 g/mol. The first-order chi connectivity index (χ1) is 8.56. The molecule has 4 nitrogen and oxygen atoms in total. The highest BCUT2D eigenvalue weighted by Gasteiger charge is 2.14. The van der Waals surface area contributed by atoms with Crippen molar-refractivity contribution >= 4 is 5.91 Å². The number of hydrogen-bond donors (Lipinski definition) is 1. The van der Waals surface area contributed by atoms with Gasteiger partial charge in [0.1, 0.15) is 0 Å². The lowest BCUT2D eigenvalue weighted by atomic mass is 10.1. The number of hydrogen-bond acceptors (Lipinski definition) is 3. The van der Waals surface area contributed by atoms with E-state index < -0.39 is 0 Å². The molecule has 1 aromatic rings. The Balaban J connectivity index is 2.60. The summed E-state index contributed by atoms with van der Waals surface area (Å²) in [6, 6.07) is 7.89. The van der Waals surface area contributed by atoms with Gasteiger partial charge in [-0.15, -0.1) is 0 Å². The zero-order chi connectivity index (χ0) is 13.5. The van der Waals surface area contributed by atoms with Crippen LogP contribution in [-0.4, -0.2) is 38.1 Å². The number of nitrogens with zero attached hydrogens (tertiary/aromatic N) is 1. The molecule has 0 fully saturated rings. The second kappa shape index (κ2) is 7.13. The molecule has 0 radical (unpaired) electrons. The smallest absolute Gasteiger partial charge is 0.238 e. The summed E-state index contributed by atoms with van der Waals surface area (Å²) >= 11 is 0. The molecule has 0 aliphatic rings. The Kier molecular flexibility index (Phi) is 5.82. The van der Waals surface area contributed by atoms with Gasteiger partial charge in [0.15, 0.2) is 0 Å². The summed E-state index contributed by atoms with van der Waals surface area (Å²) < 4.78 is 5.16. The highest BCUT2D eigenvalue weighted by Crippen LogP contribution is 2.10. The number of nitrogens with one attached hydrogen (secondary N) is 1. The molecule has 0 bridgehead atoms. The molecule has 18 heavy (non-hydrogen) atoms. The zero-order valence-corrected chi connectivity index (χ0v) is 11.6. The molecule has 1 rings (SSSR count). The molecular formula is C14H22N2O2. The van der Waals surface area contributed by atoms with Crippen LogP contribution in [0.25, 0.3) is 0 Å². The molecule has 1 atom stereocenters. The van der Waals surface area contributed by atoms with Crippen LogP contribution in [0.3, 0.4) is 0 Å². The maximum atomic E-state index is 11.7. The maximum absolute atomic E-state index is 11.7. The van der Waals surface area contributed by atoms with Gasteiger partial charge in [-0.3, -0.25) is 4.79 Å². The molecule has 0 saturated carbocycles. The first-order valence-corrected chi connectivity index (χ1v) is 6.06. The van der Waals surface area contributed by atoms with Crippen molar-refractivity contribution in [2.45, 2.75) is 26.1 Å². The number of rotatable bonds is 6. The van der Waals surface area contributed by atoms with Gasteiger partial charge in [-0.05, 0) is 18.1 Å². The third kappa shape index (κ3) is 4.13. The number of methoxy groups -OCH3 is 1. The Morgan fingerprint density at radius 2 is 1.94 bits per heavy atom. The molecule has 0 spiro atoms. The fourth-order valence-corrected chi connectivity index (χ4v) is 1.76. The number of amides is 1. The van der Waals surface area contributed by atoms with Crippen LogP contribution in [0, 0.1) is 0 Å². The number of carbonyl (C=O) groups excluding carboxylic acids is 1. The molecule has 1 amide bonds. The number of likely N-dealkylation sites (N-methyl/N-ethyl adjacent to an activating group) is 1. The SMILES string of the molecule is COCc1ccccc1CNC(C)C(=O)N(C)C. The van der Waals surface area contributed by atoms with Gasteiger partial charge in [-0.2, -0.15) is 0 Å². The van der Waals surface area contributed by atoms with Gasteiger partial charge in [0.05, 0.1) is 12.6 Å². The molecule has 0 aliphatic heterocycles. The van der Waals surface area contributed by atoms with Crippen molar-refractivity contribution < 1.29 is 9.53 Å². The number of ether oxygens (including phenoxy) is 1. The van der Waals surface area contributed by atoms with Crippen LogP contribution >= 0.6 is 0 Å². The zero-order valence-electron chi connectivity index (χ0n) is 11.6. The van der Waals surface area contributed by atoms with E-state index in [1.807, 2.05) is 31.2 Å². The monoisotopic (exact) mass is 250 g/mol. The number of benzene rings is 1. The first kappa shape index (κ1) is 14.7. The minimum Gasteiger partial charge on any atom is -0.380 e. The molecule has 1 N–H and O–H groups in total. The predicted octanol–water partition coefficient (Wildman–Crippen LogP) is 1.40. The molecule has 0 aromatic heterocycles. The van der Waals surface area contributed by atoms with E-state index in [4.69, 9.17) is 4.74 Å². The van der Waals surface area contributed by atoms with E-state index in [1.165, 1.54) is 0 Å². The van der Waals surface area contributed by atoms with Crippen LogP contribution in [0.4, 0.5) is 0 Å². The van der Waals surface area contributed by atoms with E-state index in [1.54, 1.807) is 26.1 Å². The maximum Gasteiger partial charge on any atom is 0.238 e. The topological polar surface area (TPSA) is 41.6 Å². The van der Waals surface area contributed by atoms with Crippen molar-refractivity contribution in [3.63, 3.8) is 0 Å². The van der Waals surface area contributed by atoms with Gasteiger partial charge in [0, 0.05) is 27.7 Å². The molecule has 1 aromatic carbocycles. The van der Waals surface area contributed by atoms with Gasteiger partial charge in [0.25, 0.3) is 0 Å². The van der Waals surface area contributed by atoms with E-state index >= 15 is 0 Å². The van der Waals surface area contributed by atoms with Gasteiger partial charge in [0.2, 0.25) is 5.91 Å². The van der Waals surface area contributed by atoms with Gasteiger partial charge >= 0.3 is 0 Å². The predicted molar refractivity (Wildman–Crippen MR) is 72.2 cm³/mol. The first-order valence-electron chi connectivity index (χ1n) is 6.06. The Hall–Kier alpha value is -1.39. The molecular weight excluding hydrogens is 228 g/mol. The van der Waals surface area contributed by atoms with Gasteiger partial charge in [-0.1, -0.05) is 24.3 Å². The summed E-state index contributed by atoms with van der Waals surface area (Å²) in [4.78, 5) is 13.3. The largest absolute Gasteiger partial charge is 0.380 e. The Bertz CT molecular complexity index is 391. The summed E-state index contributed by atoms with van der Waals surface area (Å²) in [5.41, 5.74) is 2.31. The fourth-order valence-electron chi connectivity index (χ4n) is 1.76. The minimum atomic E-state index is -0.185. The van der Waals surface area contributed by atoms with Crippen LogP contribution in [-0.2, 0) is 22.7 Å². The van der Waals surface area contributed by atoms with E-state index in [0.717, 1.165) is 11.1 Å². The molecule has 0 heterocycles. The molecule has 100 valence electrons. The Morgan fingerprint density at radius 3 is 2.50 bits per heavy atom. The summed E-state index contributed by atoms with van der Waals surface area (Å²) in [6.07, 6.45) is 0. The summed E-state index contributed by atoms with van der Waals surface area (Å²) in [5, 5.41) is 3.23. The van der Waals surface area contributed by atoms with Gasteiger partial charge in [-0.25, -0.2) is 0 Å². The lowest BCUT2D eigenvalue weighted by Gasteiger charge is -2.18. The highest BCUT2D eigenvalue weighted by atomic mass is 16.5. The second-order valence-corrected chi connectivity index (χ2v) is 4.54. The van der Waals surface area contributed by atoms with Crippen molar-refractivity contribution in [3.8, 4) is 0 Å². The Morgan fingerprint density at radius 1 is 1.33 bits per heavy atom. The van der Waals surface area contributed by atoms with Crippen LogP contribution in [0.2, 0.25) is 0 Å². The lowest BCUT2D eigenvalue weighted by molar-refractivity contribution is -0.130. The number of carbonyl (C=O) groups is 1. The summed E-state index contributed by atoms with van der Waals surface area (Å²) in [6.45, 7) is 3.13. The third-order valence-corrected chi connectivity index (χ3v) is 2.83. The second-order valence-electron chi connectivity index (χ2n) is 4.54. The standard InChI is InChI=1S/C14H22N2O2/c1-11(14(17)16(2)3)15-9-12-7-5-6-8-13(12)10-18-4/h5-8,11,15H,9-10H2,1-4H3. The van der Waals surface area contributed by atoms with Crippen molar-refractivity contribution in [1.29, 1.82) is 0 Å². The average Bonchev–Trinajstić information content (AvgIpc) is 2.36. The summed E-state index contributed by atoms with van der Waals surface area (Å²) in [7, 11) is 5.21. The minimum absolute atomic E-state index is 0.0826. The summed E-state index contributed by atoms with van der Waals surface area (Å²) in [5.74, 6) is 0.0826. The van der Waals surface area contributed by atoms with Crippen LogP contribution < -0.4 is 5.32 Å². The van der Waals surface area contributed by atoms with Crippen molar-refractivity contribution in [2.24, 2.45) is 0 Å². The van der Waals surface area contributed by atoms with Crippen LogP contribution in [0.5, 0.6) is 0 Å². The fraction of sp³-hybridized carbons (Fsp3) is 0.500. The van der Waals surface area contributed by atoms with E-state index in [9.17, 15) is 4.79 Å². The van der Waals surface area contributed by atoms with E-state index in [2.05, 4.69) is 5.32 Å². The van der Waals surface area contributed by atoms with Crippen molar-refractivity contribution in [2.75, 3.05) is 21.2 Å². The molecule has 0 aliphatic carbocycles. The van der Waals surface area contributed by atoms with Crippen LogP contribution in [0.15, 0.2) is 24.3 Å². The molecule has 0 saturated heterocycles. The van der Waals surface area contributed by atoms with E-state index in [-0.39, 0.29) is 11.9 Å². The highest BCUT2D eigenvalue weighted by molar-refractivity contribution is 5.80. The third-order valence-electron chi connectivity index (χ3n) is 2.83. The van der Waals surface area contributed by atoms with Crippen LogP contribution in [0.1, 0.15) is 18.1 Å². The molecule has 1 unspecified atom stereocenters. The Labute approximate surface area is 109 Å². The molecule has 4 heteroatoms.